The molecule has 0 bridgehead atoms. The van der Waals surface area contributed by atoms with Crippen molar-refractivity contribution in [3.63, 3.8) is 0 Å². The maximum Gasteiger partial charge on any atom is 0.326 e. The summed E-state index contributed by atoms with van der Waals surface area (Å²) in [5, 5.41) is 3.07. The van der Waals surface area contributed by atoms with Crippen molar-refractivity contribution in [3.05, 3.63) is 48.1 Å². The molecule has 1 N–H and O–H groups in total. The minimum atomic E-state index is -0.921. The van der Waals surface area contributed by atoms with Crippen molar-refractivity contribution in [1.82, 2.24) is 5.32 Å². The zero-order valence-corrected chi connectivity index (χ0v) is 11.6. The van der Waals surface area contributed by atoms with Crippen LogP contribution in [-0.4, -0.2) is 31.8 Å². The molecule has 0 saturated carbocycles. The van der Waals surface area contributed by atoms with E-state index in [9.17, 15) is 13.6 Å². The number of ether oxygens (including phenoxy) is 2. The van der Waals surface area contributed by atoms with Crippen LogP contribution in [0.15, 0.2) is 30.9 Å². The maximum atomic E-state index is 13.3. The Bertz CT molecular complexity index is 536. The van der Waals surface area contributed by atoms with Gasteiger partial charge in [0.2, 0.25) is 0 Å². The largest absolute Gasteiger partial charge is 0.468 e. The smallest absolute Gasteiger partial charge is 0.326 e. The fourth-order valence-electron chi connectivity index (χ4n) is 2.37. The first kappa shape index (κ1) is 15.6. The van der Waals surface area contributed by atoms with Gasteiger partial charge in [0.25, 0.3) is 0 Å². The van der Waals surface area contributed by atoms with Crippen molar-refractivity contribution in [2.45, 2.75) is 24.6 Å². The molecule has 114 valence electrons. The number of hydrogen-bond acceptors (Lipinski definition) is 4. The molecular formula is C15H17F2NO3. The summed E-state index contributed by atoms with van der Waals surface area (Å²) in [7, 11) is 1.29. The number of rotatable bonds is 5. The predicted octanol–water partition coefficient (Wildman–Crippen LogP) is 2.11. The van der Waals surface area contributed by atoms with Crippen LogP contribution in [0.25, 0.3) is 0 Å². The molecule has 1 fully saturated rings. The van der Waals surface area contributed by atoms with Crippen LogP contribution in [0.2, 0.25) is 0 Å². The van der Waals surface area contributed by atoms with Gasteiger partial charge in [0.15, 0.2) is 11.6 Å². The first-order valence-corrected chi connectivity index (χ1v) is 6.59. The van der Waals surface area contributed by atoms with E-state index in [-0.39, 0.29) is 6.04 Å². The van der Waals surface area contributed by atoms with Crippen LogP contribution >= 0.6 is 0 Å². The van der Waals surface area contributed by atoms with E-state index in [0.29, 0.717) is 18.6 Å². The van der Waals surface area contributed by atoms with Gasteiger partial charge in [0.05, 0.1) is 13.2 Å². The van der Waals surface area contributed by atoms with Crippen molar-refractivity contribution in [3.8, 4) is 0 Å². The fraction of sp³-hybridized carbons (Fsp3) is 0.400. The highest BCUT2D eigenvalue weighted by atomic mass is 19.2. The Balaban J connectivity index is 2.14. The second-order valence-electron chi connectivity index (χ2n) is 4.76. The molecule has 1 aliphatic rings. The van der Waals surface area contributed by atoms with Gasteiger partial charge in [-0.1, -0.05) is 12.1 Å². The number of nitrogens with one attached hydrogen (secondary N) is 1. The monoisotopic (exact) mass is 297 g/mol. The van der Waals surface area contributed by atoms with Gasteiger partial charge in [-0.25, -0.2) is 8.78 Å². The molecule has 6 heteroatoms. The lowest BCUT2D eigenvalue weighted by atomic mass is 10.0. The third kappa shape index (κ3) is 3.46. The SMILES string of the molecule is C=CC(N[C@@H]1CCO[C@H]1c1ccc(F)c(F)c1)C(=O)OC. The summed E-state index contributed by atoms with van der Waals surface area (Å²) in [5.74, 6) is -2.28. The molecular weight excluding hydrogens is 280 g/mol. The highest BCUT2D eigenvalue weighted by Crippen LogP contribution is 2.30. The van der Waals surface area contributed by atoms with E-state index in [1.54, 1.807) is 0 Å². The Morgan fingerprint density at radius 2 is 2.29 bits per heavy atom. The number of hydrogen-bond donors (Lipinski definition) is 1. The topological polar surface area (TPSA) is 47.6 Å². The van der Waals surface area contributed by atoms with E-state index in [1.807, 2.05) is 0 Å². The molecule has 2 rings (SSSR count). The van der Waals surface area contributed by atoms with E-state index in [2.05, 4.69) is 16.6 Å². The average molecular weight is 297 g/mol. The van der Waals surface area contributed by atoms with Crippen LogP contribution in [0.4, 0.5) is 8.78 Å². The minimum absolute atomic E-state index is 0.211. The average Bonchev–Trinajstić information content (AvgIpc) is 2.95. The molecule has 1 aliphatic heterocycles. The van der Waals surface area contributed by atoms with Gasteiger partial charge in [0.1, 0.15) is 6.04 Å². The molecule has 4 nitrogen and oxygen atoms in total. The maximum absolute atomic E-state index is 13.3. The van der Waals surface area contributed by atoms with Gasteiger partial charge in [-0.2, -0.15) is 0 Å². The molecule has 1 unspecified atom stereocenters. The standard InChI is InChI=1S/C15H17F2NO3/c1-3-12(15(19)20-2)18-13-6-7-21-14(13)9-4-5-10(16)11(17)8-9/h3-5,8,12-14,18H,1,6-7H2,2H3/t12?,13-,14+/m1/s1. The van der Waals surface area contributed by atoms with Gasteiger partial charge in [-0.05, 0) is 24.1 Å². The molecule has 21 heavy (non-hydrogen) atoms. The van der Waals surface area contributed by atoms with Crippen LogP contribution in [0.1, 0.15) is 18.1 Å². The molecule has 1 aromatic carbocycles. The number of benzene rings is 1. The molecule has 0 radical (unpaired) electrons. The van der Waals surface area contributed by atoms with E-state index in [1.165, 1.54) is 19.3 Å². The molecule has 1 heterocycles. The van der Waals surface area contributed by atoms with Crippen LogP contribution in [-0.2, 0) is 14.3 Å². The number of esters is 1. The highest BCUT2D eigenvalue weighted by molar-refractivity contribution is 5.77. The third-order valence-electron chi connectivity index (χ3n) is 3.45. The first-order valence-electron chi connectivity index (χ1n) is 6.59. The summed E-state index contributed by atoms with van der Waals surface area (Å²) in [6, 6.07) is 2.77. The molecule has 0 spiro atoms. The zero-order valence-electron chi connectivity index (χ0n) is 11.6. The van der Waals surface area contributed by atoms with Gasteiger partial charge in [0, 0.05) is 12.6 Å². The summed E-state index contributed by atoms with van der Waals surface area (Å²) < 4.78 is 36.6. The quantitative estimate of drug-likeness (QED) is 0.668. The first-order chi connectivity index (χ1) is 10.1. The summed E-state index contributed by atoms with van der Waals surface area (Å²) in [6.45, 7) is 4.05. The molecule has 0 aromatic heterocycles. The Hall–Kier alpha value is -1.79. The number of methoxy groups -OCH3 is 1. The molecule has 3 atom stereocenters. The normalized spacial score (nSPS) is 22.8. The fourth-order valence-corrected chi connectivity index (χ4v) is 2.37. The summed E-state index contributed by atoms with van der Waals surface area (Å²) in [6.07, 6.45) is 1.63. The third-order valence-corrected chi connectivity index (χ3v) is 3.45. The lowest BCUT2D eigenvalue weighted by Gasteiger charge is -2.23. The molecule has 1 saturated heterocycles. The van der Waals surface area contributed by atoms with E-state index >= 15 is 0 Å². The van der Waals surface area contributed by atoms with Crippen molar-refractivity contribution < 1.29 is 23.0 Å². The van der Waals surface area contributed by atoms with Crippen LogP contribution in [0.5, 0.6) is 0 Å². The number of carbonyl (C=O) groups excluding carboxylic acids is 1. The molecule has 1 aromatic rings. The Kier molecular flexibility index (Phi) is 5.03. The minimum Gasteiger partial charge on any atom is -0.468 e. The van der Waals surface area contributed by atoms with Crippen molar-refractivity contribution >= 4 is 5.97 Å². The lowest BCUT2D eigenvalue weighted by Crippen LogP contribution is -2.43. The van der Waals surface area contributed by atoms with Crippen LogP contribution in [0.3, 0.4) is 0 Å². The summed E-state index contributed by atoms with van der Waals surface area (Å²) >= 11 is 0. The number of halogens is 2. The van der Waals surface area contributed by atoms with Gasteiger partial charge < -0.3 is 9.47 Å². The summed E-state index contributed by atoms with van der Waals surface area (Å²) in [5.41, 5.74) is 0.525. The van der Waals surface area contributed by atoms with E-state index in [4.69, 9.17) is 4.74 Å². The van der Waals surface area contributed by atoms with Crippen molar-refractivity contribution in [1.29, 1.82) is 0 Å². The van der Waals surface area contributed by atoms with Gasteiger partial charge >= 0.3 is 5.97 Å². The Morgan fingerprint density at radius 1 is 1.52 bits per heavy atom. The van der Waals surface area contributed by atoms with E-state index < -0.39 is 29.7 Å². The molecule has 0 amide bonds. The van der Waals surface area contributed by atoms with Crippen molar-refractivity contribution in [2.75, 3.05) is 13.7 Å². The van der Waals surface area contributed by atoms with Gasteiger partial charge in [-0.3, -0.25) is 10.1 Å². The predicted molar refractivity (Wildman–Crippen MR) is 72.6 cm³/mol. The van der Waals surface area contributed by atoms with Crippen LogP contribution in [0, 0.1) is 11.6 Å². The second kappa shape index (κ2) is 6.78. The second-order valence-corrected chi connectivity index (χ2v) is 4.76. The van der Waals surface area contributed by atoms with Crippen LogP contribution < -0.4 is 5.32 Å². The number of carbonyl (C=O) groups is 1. The molecule has 0 aliphatic carbocycles. The summed E-state index contributed by atoms with van der Waals surface area (Å²) in [4.78, 5) is 11.6. The lowest BCUT2D eigenvalue weighted by molar-refractivity contribution is -0.142. The zero-order chi connectivity index (χ0) is 15.4. The Labute approximate surface area is 121 Å². The van der Waals surface area contributed by atoms with Gasteiger partial charge in [-0.15, -0.1) is 6.58 Å². The van der Waals surface area contributed by atoms with E-state index in [0.717, 1.165) is 12.1 Å². The highest BCUT2D eigenvalue weighted by Gasteiger charge is 2.33. The Morgan fingerprint density at radius 3 is 2.90 bits per heavy atom. The van der Waals surface area contributed by atoms with Crippen molar-refractivity contribution in [2.24, 2.45) is 0 Å².